The molecule has 2 aromatic rings. The van der Waals surface area contributed by atoms with Crippen LogP contribution in [-0.2, 0) is 19.6 Å². The van der Waals surface area contributed by atoms with Gasteiger partial charge in [-0.05, 0) is 55.8 Å². The lowest BCUT2D eigenvalue weighted by molar-refractivity contribution is -0.122. The first-order valence-corrected chi connectivity index (χ1v) is 11.2. The molecule has 1 atom stereocenters. The van der Waals surface area contributed by atoms with Crippen molar-refractivity contribution in [2.45, 2.75) is 30.8 Å². The zero-order chi connectivity index (χ0) is 22.6. The van der Waals surface area contributed by atoms with Crippen molar-refractivity contribution in [3.05, 3.63) is 42.5 Å². The van der Waals surface area contributed by atoms with Crippen LogP contribution in [0.2, 0.25) is 0 Å². The molecule has 0 saturated carbocycles. The van der Waals surface area contributed by atoms with Crippen molar-refractivity contribution in [1.82, 2.24) is 4.31 Å². The molecular formula is C21H25N3O6S. The minimum atomic E-state index is -3.65. The first-order chi connectivity index (χ1) is 14.7. The van der Waals surface area contributed by atoms with Gasteiger partial charge in [0.1, 0.15) is 11.5 Å². The van der Waals surface area contributed by atoms with Gasteiger partial charge in [0.05, 0.1) is 17.7 Å². The summed E-state index contributed by atoms with van der Waals surface area (Å²) in [6, 6.07) is 11.1. The molecule has 10 heteroatoms. The molecule has 0 unspecified atom stereocenters. The Labute approximate surface area is 181 Å². The van der Waals surface area contributed by atoms with Crippen molar-refractivity contribution in [2.24, 2.45) is 0 Å². The molecule has 166 valence electrons. The first-order valence-electron chi connectivity index (χ1n) is 9.72. The van der Waals surface area contributed by atoms with E-state index in [1.54, 1.807) is 37.3 Å². The average Bonchev–Trinajstić information content (AvgIpc) is 2.74. The van der Waals surface area contributed by atoms with Crippen LogP contribution >= 0.6 is 0 Å². The van der Waals surface area contributed by atoms with Gasteiger partial charge in [-0.25, -0.2) is 12.7 Å². The number of fused-ring (bicyclic) bond motifs is 1. The monoisotopic (exact) mass is 447 g/mol. The van der Waals surface area contributed by atoms with Crippen LogP contribution in [0.25, 0.3) is 0 Å². The Hall–Kier alpha value is -3.11. The Morgan fingerprint density at radius 1 is 1.23 bits per heavy atom. The molecule has 1 aliphatic rings. The number of hydrogen-bond donors (Lipinski definition) is 2. The number of rotatable bonds is 8. The van der Waals surface area contributed by atoms with Gasteiger partial charge in [-0.1, -0.05) is 0 Å². The topological polar surface area (TPSA) is 114 Å². The second kappa shape index (κ2) is 9.36. The molecule has 2 N–H and O–H groups in total. The largest absolute Gasteiger partial charge is 0.497 e. The van der Waals surface area contributed by atoms with Crippen LogP contribution in [0.5, 0.6) is 11.5 Å². The molecule has 9 nitrogen and oxygen atoms in total. The summed E-state index contributed by atoms with van der Waals surface area (Å²) in [5, 5.41) is 5.47. The number of amides is 2. The molecule has 1 aliphatic heterocycles. The summed E-state index contributed by atoms with van der Waals surface area (Å²) in [7, 11) is -0.663. The number of methoxy groups -OCH3 is 1. The van der Waals surface area contributed by atoms with Gasteiger partial charge in [-0.2, -0.15) is 0 Å². The first kappa shape index (κ1) is 22.6. The van der Waals surface area contributed by atoms with Gasteiger partial charge < -0.3 is 20.1 Å². The number of carbonyl (C=O) groups excluding carboxylic acids is 2. The summed E-state index contributed by atoms with van der Waals surface area (Å²) in [5.74, 6) is 0.597. The van der Waals surface area contributed by atoms with Crippen LogP contribution in [0.3, 0.4) is 0 Å². The van der Waals surface area contributed by atoms with E-state index in [-0.39, 0.29) is 29.7 Å². The smallest absolute Gasteiger partial charge is 0.265 e. The van der Waals surface area contributed by atoms with E-state index in [0.29, 0.717) is 29.3 Å². The average molecular weight is 448 g/mol. The molecule has 2 aromatic carbocycles. The van der Waals surface area contributed by atoms with E-state index in [2.05, 4.69) is 10.6 Å². The Bertz CT molecular complexity index is 1070. The lowest BCUT2D eigenvalue weighted by Gasteiger charge is -2.23. The number of carbonyl (C=O) groups is 2. The van der Waals surface area contributed by atoms with E-state index >= 15 is 0 Å². The molecule has 2 amide bonds. The van der Waals surface area contributed by atoms with Gasteiger partial charge >= 0.3 is 0 Å². The third-order valence-corrected chi connectivity index (χ3v) is 6.71. The lowest BCUT2D eigenvalue weighted by atomic mass is 10.2. The van der Waals surface area contributed by atoms with Crippen LogP contribution in [-0.4, -0.2) is 51.3 Å². The van der Waals surface area contributed by atoms with Gasteiger partial charge in [0, 0.05) is 25.7 Å². The highest BCUT2D eigenvalue weighted by Gasteiger charge is 2.24. The van der Waals surface area contributed by atoms with Gasteiger partial charge in [-0.15, -0.1) is 0 Å². The maximum absolute atomic E-state index is 12.6. The molecule has 0 bridgehead atoms. The fourth-order valence-corrected chi connectivity index (χ4v) is 4.23. The standard InChI is InChI=1S/C21H25N3O6S/c1-14-21(26)23-18-13-15(6-11-19(18)30-14)22-20(25)5-4-12-24(2)31(27,28)17-9-7-16(29-3)8-10-17/h6-11,13-14H,4-5,12H2,1-3H3,(H,22,25)(H,23,26)/t14-/m1/s1. The van der Waals surface area contributed by atoms with Crippen molar-refractivity contribution in [3.8, 4) is 11.5 Å². The minimum Gasteiger partial charge on any atom is -0.497 e. The Balaban J connectivity index is 1.52. The Morgan fingerprint density at radius 3 is 2.61 bits per heavy atom. The Kier molecular flexibility index (Phi) is 6.81. The number of benzene rings is 2. The van der Waals surface area contributed by atoms with Crippen molar-refractivity contribution in [2.75, 3.05) is 31.3 Å². The van der Waals surface area contributed by atoms with E-state index in [0.717, 1.165) is 0 Å². The van der Waals surface area contributed by atoms with Crippen LogP contribution in [0, 0.1) is 0 Å². The highest BCUT2D eigenvalue weighted by atomic mass is 32.2. The number of sulfonamides is 1. The molecule has 0 saturated heterocycles. The highest BCUT2D eigenvalue weighted by molar-refractivity contribution is 7.89. The molecule has 31 heavy (non-hydrogen) atoms. The van der Waals surface area contributed by atoms with Gasteiger partial charge in [0.2, 0.25) is 15.9 Å². The second-order valence-electron chi connectivity index (χ2n) is 7.11. The molecule has 0 radical (unpaired) electrons. The SMILES string of the molecule is COc1ccc(S(=O)(=O)N(C)CCCC(=O)Nc2ccc3c(c2)NC(=O)[C@@H](C)O3)cc1. The summed E-state index contributed by atoms with van der Waals surface area (Å²) in [5.41, 5.74) is 1.01. The van der Waals surface area contributed by atoms with Crippen LogP contribution in [0.1, 0.15) is 19.8 Å². The predicted octanol–water partition coefficient (Wildman–Crippen LogP) is 2.45. The van der Waals surface area contributed by atoms with E-state index in [9.17, 15) is 18.0 Å². The van der Waals surface area contributed by atoms with E-state index in [1.165, 1.54) is 30.6 Å². The summed E-state index contributed by atoms with van der Waals surface area (Å²) >= 11 is 0. The molecule has 0 fully saturated rings. The second-order valence-corrected chi connectivity index (χ2v) is 9.16. The number of hydrogen-bond acceptors (Lipinski definition) is 6. The van der Waals surface area contributed by atoms with E-state index < -0.39 is 16.1 Å². The van der Waals surface area contributed by atoms with Crippen molar-refractivity contribution < 1.29 is 27.5 Å². The predicted molar refractivity (Wildman–Crippen MR) is 116 cm³/mol. The summed E-state index contributed by atoms with van der Waals surface area (Å²) in [6.45, 7) is 1.84. The fraction of sp³-hybridized carbons (Fsp3) is 0.333. The van der Waals surface area contributed by atoms with Crippen molar-refractivity contribution in [3.63, 3.8) is 0 Å². The molecule has 0 aliphatic carbocycles. The maximum atomic E-state index is 12.6. The van der Waals surface area contributed by atoms with E-state index in [4.69, 9.17) is 9.47 Å². The van der Waals surface area contributed by atoms with Crippen molar-refractivity contribution in [1.29, 1.82) is 0 Å². The molecule has 1 heterocycles. The minimum absolute atomic E-state index is 0.138. The molecule has 0 aromatic heterocycles. The van der Waals surface area contributed by atoms with Crippen LogP contribution < -0.4 is 20.1 Å². The number of ether oxygens (including phenoxy) is 2. The van der Waals surface area contributed by atoms with Crippen LogP contribution in [0.15, 0.2) is 47.4 Å². The third kappa shape index (κ3) is 5.33. The lowest BCUT2D eigenvalue weighted by Crippen LogP contribution is -2.34. The van der Waals surface area contributed by atoms with Gasteiger partial charge in [0.15, 0.2) is 6.10 Å². The third-order valence-electron chi connectivity index (χ3n) is 4.84. The zero-order valence-corrected chi connectivity index (χ0v) is 18.4. The van der Waals surface area contributed by atoms with Crippen LogP contribution in [0.4, 0.5) is 11.4 Å². The molecular weight excluding hydrogens is 422 g/mol. The van der Waals surface area contributed by atoms with Gasteiger partial charge in [-0.3, -0.25) is 9.59 Å². The summed E-state index contributed by atoms with van der Waals surface area (Å²) in [4.78, 5) is 24.1. The number of nitrogens with zero attached hydrogens (tertiary/aromatic N) is 1. The summed E-state index contributed by atoms with van der Waals surface area (Å²) < 4.78 is 37.0. The fourth-order valence-electron chi connectivity index (χ4n) is 3.02. The molecule has 0 spiro atoms. The highest BCUT2D eigenvalue weighted by Crippen LogP contribution is 2.32. The number of anilines is 2. The van der Waals surface area contributed by atoms with E-state index in [1.807, 2.05) is 0 Å². The van der Waals surface area contributed by atoms with Gasteiger partial charge in [0.25, 0.3) is 5.91 Å². The zero-order valence-electron chi connectivity index (χ0n) is 17.5. The molecule has 3 rings (SSSR count). The Morgan fingerprint density at radius 2 is 1.94 bits per heavy atom. The maximum Gasteiger partial charge on any atom is 0.265 e. The normalized spacial score (nSPS) is 15.6. The number of nitrogens with one attached hydrogen (secondary N) is 2. The summed E-state index contributed by atoms with van der Waals surface area (Å²) in [6.07, 6.45) is -0.0847. The van der Waals surface area contributed by atoms with Crippen molar-refractivity contribution >= 4 is 33.2 Å². The quantitative estimate of drug-likeness (QED) is 0.643.